The van der Waals surface area contributed by atoms with Gasteiger partial charge in [0.05, 0.1) is 0 Å². The third-order valence-electron chi connectivity index (χ3n) is 3.93. The summed E-state index contributed by atoms with van der Waals surface area (Å²) in [6.45, 7) is 0.693. The van der Waals surface area contributed by atoms with Crippen LogP contribution in [0.15, 0.2) is 73.3 Å². The number of aromatic nitrogens is 2. The second-order valence-corrected chi connectivity index (χ2v) is 5.71. The summed E-state index contributed by atoms with van der Waals surface area (Å²) in [7, 11) is 0. The first-order chi connectivity index (χ1) is 11.8. The van der Waals surface area contributed by atoms with E-state index in [1.54, 1.807) is 6.20 Å². The average Bonchev–Trinajstić information content (AvgIpc) is 3.17. The van der Waals surface area contributed by atoms with Gasteiger partial charge in [0.15, 0.2) is 0 Å². The smallest absolute Gasteiger partial charge is 0.251 e. The lowest BCUT2D eigenvalue weighted by atomic mass is 10.1. The molecular formula is C20H21N3O. The lowest BCUT2D eigenvalue weighted by Gasteiger charge is -2.07. The van der Waals surface area contributed by atoms with Crippen LogP contribution in [-0.4, -0.2) is 22.0 Å². The number of hydrogen-bond donors (Lipinski definition) is 1. The van der Waals surface area contributed by atoms with Crippen molar-refractivity contribution >= 4 is 5.91 Å². The standard InChI is InChI=1S/C20H21N3O/c24-20(22-13-2-1-6-17-7-5-12-21-16-17)18-8-10-19(11-9-18)23-14-3-4-15-23/h3-5,7-12,14-16H,1-2,6,13H2,(H,22,24). The highest BCUT2D eigenvalue weighted by molar-refractivity contribution is 5.94. The van der Waals surface area contributed by atoms with Crippen molar-refractivity contribution in [3.8, 4) is 5.69 Å². The number of nitrogens with one attached hydrogen (secondary N) is 1. The normalized spacial score (nSPS) is 10.5. The number of benzene rings is 1. The Morgan fingerprint density at radius 3 is 2.50 bits per heavy atom. The number of hydrogen-bond acceptors (Lipinski definition) is 2. The number of pyridine rings is 1. The summed E-state index contributed by atoms with van der Waals surface area (Å²) in [5, 5.41) is 2.98. The maximum Gasteiger partial charge on any atom is 0.251 e. The molecule has 0 aliphatic carbocycles. The molecule has 1 aromatic carbocycles. The van der Waals surface area contributed by atoms with E-state index in [1.807, 2.05) is 65.6 Å². The minimum absolute atomic E-state index is 0.0181. The van der Waals surface area contributed by atoms with Crippen LogP contribution in [0.2, 0.25) is 0 Å². The van der Waals surface area contributed by atoms with Crippen LogP contribution in [0.1, 0.15) is 28.8 Å². The number of unbranched alkanes of at least 4 members (excludes halogenated alkanes) is 1. The largest absolute Gasteiger partial charge is 0.352 e. The van der Waals surface area contributed by atoms with E-state index in [-0.39, 0.29) is 5.91 Å². The van der Waals surface area contributed by atoms with E-state index in [1.165, 1.54) is 5.56 Å². The zero-order valence-electron chi connectivity index (χ0n) is 13.6. The summed E-state index contributed by atoms with van der Waals surface area (Å²) in [6, 6.07) is 15.6. The molecule has 0 fully saturated rings. The molecule has 0 saturated carbocycles. The number of nitrogens with zero attached hydrogens (tertiary/aromatic N) is 2. The quantitative estimate of drug-likeness (QED) is 0.676. The van der Waals surface area contributed by atoms with E-state index >= 15 is 0 Å². The van der Waals surface area contributed by atoms with Gasteiger partial charge < -0.3 is 9.88 Å². The summed E-state index contributed by atoms with van der Waals surface area (Å²) >= 11 is 0. The summed E-state index contributed by atoms with van der Waals surface area (Å²) < 4.78 is 2.01. The summed E-state index contributed by atoms with van der Waals surface area (Å²) in [4.78, 5) is 16.3. The van der Waals surface area contributed by atoms with Crippen molar-refractivity contribution < 1.29 is 4.79 Å². The van der Waals surface area contributed by atoms with Crippen molar-refractivity contribution in [3.05, 3.63) is 84.4 Å². The maximum atomic E-state index is 12.1. The molecule has 122 valence electrons. The first-order valence-corrected chi connectivity index (χ1v) is 8.23. The van der Waals surface area contributed by atoms with Crippen molar-refractivity contribution in [1.82, 2.24) is 14.9 Å². The number of aryl methyl sites for hydroxylation is 1. The van der Waals surface area contributed by atoms with Crippen LogP contribution in [-0.2, 0) is 6.42 Å². The van der Waals surface area contributed by atoms with Crippen LogP contribution in [0.25, 0.3) is 5.69 Å². The highest BCUT2D eigenvalue weighted by Crippen LogP contribution is 2.10. The molecular weight excluding hydrogens is 298 g/mol. The summed E-state index contributed by atoms with van der Waals surface area (Å²) in [6.07, 6.45) is 10.6. The first kappa shape index (κ1) is 16.0. The van der Waals surface area contributed by atoms with Crippen LogP contribution in [0.3, 0.4) is 0 Å². The Morgan fingerprint density at radius 2 is 1.79 bits per heavy atom. The lowest BCUT2D eigenvalue weighted by molar-refractivity contribution is 0.0953. The van der Waals surface area contributed by atoms with Gasteiger partial charge in [-0.3, -0.25) is 9.78 Å². The monoisotopic (exact) mass is 319 g/mol. The molecule has 4 nitrogen and oxygen atoms in total. The van der Waals surface area contributed by atoms with E-state index in [9.17, 15) is 4.79 Å². The van der Waals surface area contributed by atoms with Crippen molar-refractivity contribution in [2.45, 2.75) is 19.3 Å². The van der Waals surface area contributed by atoms with E-state index in [2.05, 4.69) is 16.4 Å². The van der Waals surface area contributed by atoms with Gasteiger partial charge in [0.1, 0.15) is 0 Å². The third-order valence-corrected chi connectivity index (χ3v) is 3.93. The van der Waals surface area contributed by atoms with Gasteiger partial charge in [-0.15, -0.1) is 0 Å². The van der Waals surface area contributed by atoms with Gasteiger partial charge in [-0.25, -0.2) is 0 Å². The minimum atomic E-state index is -0.0181. The molecule has 1 N–H and O–H groups in total. The van der Waals surface area contributed by atoms with Crippen LogP contribution in [0.4, 0.5) is 0 Å². The Hall–Kier alpha value is -2.88. The Balaban J connectivity index is 1.42. The van der Waals surface area contributed by atoms with Crippen molar-refractivity contribution in [3.63, 3.8) is 0 Å². The average molecular weight is 319 g/mol. The Labute approximate surface area is 142 Å². The van der Waals surface area contributed by atoms with Crippen LogP contribution in [0, 0.1) is 0 Å². The summed E-state index contributed by atoms with van der Waals surface area (Å²) in [5.74, 6) is -0.0181. The summed E-state index contributed by atoms with van der Waals surface area (Å²) in [5.41, 5.74) is 2.98. The number of rotatable bonds is 7. The molecule has 0 unspecified atom stereocenters. The molecule has 0 bridgehead atoms. The second kappa shape index (κ2) is 8.11. The van der Waals surface area contributed by atoms with Crippen molar-refractivity contribution in [2.24, 2.45) is 0 Å². The maximum absolute atomic E-state index is 12.1. The van der Waals surface area contributed by atoms with Crippen LogP contribution < -0.4 is 5.32 Å². The minimum Gasteiger partial charge on any atom is -0.352 e. The van der Waals surface area contributed by atoms with Crippen LogP contribution in [0.5, 0.6) is 0 Å². The van der Waals surface area contributed by atoms with Gasteiger partial charge in [0.2, 0.25) is 0 Å². The molecule has 0 radical (unpaired) electrons. The predicted octanol–water partition coefficient (Wildman–Crippen LogP) is 3.63. The molecule has 1 amide bonds. The van der Waals surface area contributed by atoms with Gasteiger partial charge in [-0.2, -0.15) is 0 Å². The van der Waals surface area contributed by atoms with E-state index < -0.39 is 0 Å². The zero-order valence-corrected chi connectivity index (χ0v) is 13.6. The highest BCUT2D eigenvalue weighted by atomic mass is 16.1. The number of amides is 1. The molecule has 4 heteroatoms. The molecule has 3 rings (SSSR count). The Morgan fingerprint density at radius 1 is 1.00 bits per heavy atom. The van der Waals surface area contributed by atoms with Crippen LogP contribution >= 0.6 is 0 Å². The van der Waals surface area contributed by atoms with Gasteiger partial charge in [0.25, 0.3) is 5.91 Å². The Kier molecular flexibility index (Phi) is 5.40. The topological polar surface area (TPSA) is 46.9 Å². The molecule has 0 saturated heterocycles. The van der Waals surface area contributed by atoms with Gasteiger partial charge in [-0.1, -0.05) is 6.07 Å². The number of carbonyl (C=O) groups excluding carboxylic acids is 1. The molecule has 24 heavy (non-hydrogen) atoms. The molecule has 2 aromatic heterocycles. The second-order valence-electron chi connectivity index (χ2n) is 5.71. The van der Waals surface area contributed by atoms with E-state index in [4.69, 9.17) is 0 Å². The van der Waals surface area contributed by atoms with Crippen molar-refractivity contribution in [1.29, 1.82) is 0 Å². The van der Waals surface area contributed by atoms with Gasteiger partial charge in [0, 0.05) is 42.6 Å². The fourth-order valence-electron chi connectivity index (χ4n) is 2.60. The molecule has 0 aliphatic heterocycles. The third kappa shape index (κ3) is 4.32. The molecule has 3 aromatic rings. The molecule has 0 atom stereocenters. The van der Waals surface area contributed by atoms with Gasteiger partial charge in [-0.05, 0) is 67.3 Å². The zero-order chi connectivity index (χ0) is 16.6. The lowest BCUT2D eigenvalue weighted by Crippen LogP contribution is -2.24. The fraction of sp³-hybridized carbons (Fsp3) is 0.200. The number of carbonyl (C=O) groups is 1. The van der Waals surface area contributed by atoms with Gasteiger partial charge >= 0.3 is 0 Å². The predicted molar refractivity (Wildman–Crippen MR) is 95.3 cm³/mol. The highest BCUT2D eigenvalue weighted by Gasteiger charge is 2.05. The van der Waals surface area contributed by atoms with E-state index in [0.29, 0.717) is 12.1 Å². The Bertz CT molecular complexity index is 749. The molecule has 0 aliphatic rings. The SMILES string of the molecule is O=C(NCCCCc1cccnc1)c1ccc(-n2cccc2)cc1. The van der Waals surface area contributed by atoms with E-state index in [0.717, 1.165) is 24.9 Å². The molecule has 0 spiro atoms. The fourth-order valence-corrected chi connectivity index (χ4v) is 2.60. The molecule has 2 heterocycles. The first-order valence-electron chi connectivity index (χ1n) is 8.23. The van der Waals surface area contributed by atoms with Crippen molar-refractivity contribution in [2.75, 3.05) is 6.54 Å².